The highest BCUT2D eigenvalue weighted by Gasteiger charge is 2.44. The number of anilines is 3. The number of rotatable bonds is 11. The first-order valence-electron chi connectivity index (χ1n) is 19.6. The number of aliphatic hydroxyl groups is 2. The molecule has 0 unspecified atom stereocenters. The number of hydrogen-bond acceptors (Lipinski definition) is 11. The molecule has 0 spiro atoms. The molecule has 5 heterocycles. The molecule has 15 heteroatoms. The van der Waals surface area contributed by atoms with Gasteiger partial charge < -0.3 is 45.8 Å². The predicted octanol–water partition coefficient (Wildman–Crippen LogP) is 3.53. The molecule has 2 aromatic carbocycles. The Hall–Kier alpha value is -5.80. The summed E-state index contributed by atoms with van der Waals surface area (Å²) < 4.78 is 1.79. The van der Waals surface area contributed by atoms with Crippen molar-refractivity contribution in [2.24, 2.45) is 0 Å². The van der Waals surface area contributed by atoms with Gasteiger partial charge in [-0.1, -0.05) is 73.7 Å². The van der Waals surface area contributed by atoms with Crippen molar-refractivity contribution in [3.8, 4) is 0 Å². The van der Waals surface area contributed by atoms with Crippen molar-refractivity contribution in [2.75, 3.05) is 41.3 Å². The van der Waals surface area contributed by atoms with Crippen LogP contribution in [0.5, 0.6) is 0 Å². The average molecular weight is 760 g/mol. The molecule has 3 aromatic heterocycles. The van der Waals surface area contributed by atoms with E-state index in [-0.39, 0.29) is 36.5 Å². The van der Waals surface area contributed by atoms with Crippen LogP contribution in [0.4, 0.5) is 22.4 Å². The molecule has 0 bridgehead atoms. The van der Waals surface area contributed by atoms with Crippen LogP contribution in [0.1, 0.15) is 62.2 Å². The van der Waals surface area contributed by atoms with Gasteiger partial charge in [-0.05, 0) is 48.9 Å². The van der Waals surface area contributed by atoms with Gasteiger partial charge in [0.05, 0.1) is 24.5 Å². The number of hydrogen-bond donors (Lipinski definition) is 6. The van der Waals surface area contributed by atoms with Crippen LogP contribution < -0.4 is 31.1 Å². The van der Waals surface area contributed by atoms with Crippen molar-refractivity contribution in [2.45, 2.75) is 81.4 Å². The van der Waals surface area contributed by atoms with Crippen LogP contribution in [0.15, 0.2) is 91.4 Å². The van der Waals surface area contributed by atoms with Crippen molar-refractivity contribution in [3.63, 3.8) is 0 Å². The van der Waals surface area contributed by atoms with E-state index in [9.17, 15) is 19.8 Å². The van der Waals surface area contributed by atoms with E-state index in [0.717, 1.165) is 42.9 Å². The van der Waals surface area contributed by atoms with Crippen LogP contribution >= 0.6 is 0 Å². The second kappa shape index (κ2) is 16.5. The van der Waals surface area contributed by atoms with Crippen LogP contribution in [-0.4, -0.2) is 103 Å². The van der Waals surface area contributed by atoms with Gasteiger partial charge in [-0.3, -0.25) is 4.79 Å². The zero-order valence-corrected chi connectivity index (χ0v) is 31.4. The van der Waals surface area contributed by atoms with Gasteiger partial charge in [0, 0.05) is 50.9 Å². The summed E-state index contributed by atoms with van der Waals surface area (Å²) in [6, 6.07) is 24.4. The third-order valence-electron chi connectivity index (χ3n) is 11.2. The normalized spacial score (nSPS) is 22.8. The molecule has 0 radical (unpaired) electrons. The number of piperidine rings is 1. The fourth-order valence-corrected chi connectivity index (χ4v) is 8.18. The molecule has 5 aromatic rings. The molecule has 15 nitrogen and oxygen atoms in total. The molecule has 3 fully saturated rings. The number of aliphatic hydroxyl groups excluding tert-OH is 2. The second-order valence-electron chi connectivity index (χ2n) is 14.9. The van der Waals surface area contributed by atoms with Crippen molar-refractivity contribution >= 4 is 40.7 Å². The Labute approximate surface area is 325 Å². The molecule has 1 saturated carbocycles. The van der Waals surface area contributed by atoms with Crippen LogP contribution in [-0.2, 0) is 4.79 Å². The van der Waals surface area contributed by atoms with Crippen molar-refractivity contribution in [1.29, 1.82) is 0 Å². The number of pyridine rings is 1. The van der Waals surface area contributed by atoms with E-state index in [1.165, 1.54) is 0 Å². The first-order valence-corrected chi connectivity index (χ1v) is 19.6. The third kappa shape index (κ3) is 7.95. The number of carbonyl (C=O) groups is 2. The lowest BCUT2D eigenvalue weighted by Crippen LogP contribution is -2.50. The maximum atomic E-state index is 13.2. The molecule has 5 atom stereocenters. The highest BCUT2D eigenvalue weighted by atomic mass is 16.3. The predicted molar refractivity (Wildman–Crippen MR) is 213 cm³/mol. The Balaban J connectivity index is 1.03. The topological polar surface area (TPSA) is 186 Å². The van der Waals surface area contributed by atoms with Gasteiger partial charge in [0.25, 0.3) is 0 Å². The Kier molecular flexibility index (Phi) is 11.0. The molecule has 292 valence electrons. The molecule has 1 aliphatic carbocycles. The summed E-state index contributed by atoms with van der Waals surface area (Å²) in [4.78, 5) is 49.1. The van der Waals surface area contributed by atoms with Gasteiger partial charge in [-0.25, -0.2) is 14.8 Å². The maximum Gasteiger partial charge on any atom is 0.315 e. The zero-order valence-electron chi connectivity index (χ0n) is 31.4. The molecule has 2 saturated heterocycles. The van der Waals surface area contributed by atoms with E-state index in [2.05, 4.69) is 60.3 Å². The summed E-state index contributed by atoms with van der Waals surface area (Å²) in [6.07, 6.45) is 4.06. The van der Waals surface area contributed by atoms with E-state index in [0.29, 0.717) is 48.9 Å². The van der Waals surface area contributed by atoms with Gasteiger partial charge in [0.1, 0.15) is 18.0 Å². The smallest absolute Gasteiger partial charge is 0.315 e. The maximum absolute atomic E-state index is 13.2. The Morgan fingerprint density at radius 1 is 0.786 bits per heavy atom. The van der Waals surface area contributed by atoms with Crippen LogP contribution in [0.25, 0.3) is 11.2 Å². The number of amides is 3. The largest absolute Gasteiger partial charge is 0.388 e. The molecular weight excluding hydrogens is 711 g/mol. The van der Waals surface area contributed by atoms with Crippen molar-refractivity contribution in [1.82, 2.24) is 40.5 Å². The number of nitrogens with zero attached hydrogens (tertiary/aromatic N) is 7. The highest BCUT2D eigenvalue weighted by molar-refractivity contribution is 5.85. The molecule has 3 amide bonds. The molecule has 3 aliphatic rings. The van der Waals surface area contributed by atoms with E-state index in [1.54, 1.807) is 24.0 Å². The van der Waals surface area contributed by atoms with Crippen molar-refractivity contribution < 1.29 is 19.8 Å². The standard InChI is InChI=1S/C41H49N11O4/c1-2-33(53)46-30-23-31(37(55)36(30)54)52-25-43-35-38(47-34(26-11-5-3-6-12-26)27-13-7-4-8-14-27)48-40(49-39(35)52)51-22-18-29(24-51)45-41(56)44-28-16-20-50(21-17-28)32-15-9-10-19-42-32/h3-15,19,25,28-31,34,36-37,54-55H,2,16-18,20-24H2,1H3,(H,46,53)(H2,44,45,56)(H,47,48,49)/t29-,30-,31+,36+,37-/m0/s1. The number of nitrogens with one attached hydrogen (secondary N) is 4. The van der Waals surface area contributed by atoms with Gasteiger partial charge in [-0.2, -0.15) is 9.97 Å². The van der Waals surface area contributed by atoms with E-state index < -0.39 is 24.3 Å². The first kappa shape index (κ1) is 37.1. The lowest BCUT2D eigenvalue weighted by Gasteiger charge is -2.33. The number of fused-ring (bicyclic) bond motifs is 1. The van der Waals surface area contributed by atoms with Crippen LogP contribution in [0.3, 0.4) is 0 Å². The summed E-state index contributed by atoms with van der Waals surface area (Å²) in [5.74, 6) is 1.73. The third-order valence-corrected chi connectivity index (χ3v) is 11.2. The Bertz CT molecular complexity index is 2060. The minimum atomic E-state index is -1.16. The van der Waals surface area contributed by atoms with E-state index >= 15 is 0 Å². The quantitative estimate of drug-likeness (QED) is 0.116. The summed E-state index contributed by atoms with van der Waals surface area (Å²) in [6.45, 7) is 4.52. The van der Waals surface area contributed by atoms with E-state index in [1.807, 2.05) is 54.6 Å². The fraction of sp³-hybridized carbons (Fsp3) is 0.415. The van der Waals surface area contributed by atoms with E-state index in [4.69, 9.17) is 15.0 Å². The molecule has 56 heavy (non-hydrogen) atoms. The second-order valence-corrected chi connectivity index (χ2v) is 14.9. The Morgan fingerprint density at radius 3 is 2.12 bits per heavy atom. The molecule has 2 aliphatic heterocycles. The number of benzene rings is 2. The van der Waals surface area contributed by atoms with Gasteiger partial charge >= 0.3 is 6.03 Å². The van der Waals surface area contributed by atoms with Crippen molar-refractivity contribution in [3.05, 3.63) is 103 Å². The summed E-state index contributed by atoms with van der Waals surface area (Å²) in [7, 11) is 0. The van der Waals surface area contributed by atoms with Crippen LogP contribution in [0.2, 0.25) is 0 Å². The molecule has 6 N–H and O–H groups in total. The average Bonchev–Trinajstić information content (AvgIpc) is 3.95. The Morgan fingerprint density at radius 2 is 1.45 bits per heavy atom. The molecular formula is C41H49N11O4. The van der Waals surface area contributed by atoms with Crippen LogP contribution in [0, 0.1) is 0 Å². The minimum absolute atomic E-state index is 0.0775. The first-order chi connectivity index (χ1) is 27.3. The zero-order chi connectivity index (χ0) is 38.6. The summed E-state index contributed by atoms with van der Waals surface area (Å²) in [5.41, 5.74) is 3.07. The van der Waals surface area contributed by atoms with Gasteiger partial charge in [0.15, 0.2) is 17.0 Å². The summed E-state index contributed by atoms with van der Waals surface area (Å²) in [5, 5.41) is 35.1. The minimum Gasteiger partial charge on any atom is -0.388 e. The highest BCUT2D eigenvalue weighted by Crippen LogP contribution is 2.36. The lowest BCUT2D eigenvalue weighted by atomic mass is 9.99. The monoisotopic (exact) mass is 759 g/mol. The van der Waals surface area contributed by atoms with Gasteiger partial charge in [-0.15, -0.1) is 0 Å². The summed E-state index contributed by atoms with van der Waals surface area (Å²) >= 11 is 0. The number of urea groups is 1. The molecule has 8 rings (SSSR count). The number of aromatic nitrogens is 5. The van der Waals surface area contributed by atoms with Gasteiger partial charge in [0.2, 0.25) is 11.9 Å². The number of imidazole rings is 1. The lowest BCUT2D eigenvalue weighted by molar-refractivity contribution is -0.122. The fourth-order valence-electron chi connectivity index (χ4n) is 8.18. The SMILES string of the molecule is CCC(=O)N[C@H]1C[C@@H](n2cnc3c(NC(c4ccccc4)c4ccccc4)nc(N4CC[C@H](NC(=O)NC5CCN(c6ccccn6)CC5)C4)nc32)[C@H](O)[C@@H]1O. The number of carbonyl (C=O) groups excluding carboxylic acids is 2.